The lowest BCUT2D eigenvalue weighted by Crippen LogP contribution is -2.52. The van der Waals surface area contributed by atoms with Gasteiger partial charge in [0.2, 0.25) is 0 Å². The van der Waals surface area contributed by atoms with Gasteiger partial charge in [-0.25, -0.2) is 0 Å². The van der Waals surface area contributed by atoms with Crippen LogP contribution in [0, 0.1) is 0 Å². The Kier molecular flexibility index (Phi) is 4.83. The largest absolute Gasteiger partial charge is 0.616 e. The minimum atomic E-state index is -0.689. The molecule has 0 spiro atoms. The van der Waals surface area contributed by atoms with Gasteiger partial charge in [-0.2, -0.15) is 0 Å². The molecule has 20 heavy (non-hydrogen) atoms. The first-order chi connectivity index (χ1) is 9.30. The monoisotopic (exact) mass is 293 g/mol. The van der Waals surface area contributed by atoms with Crippen LogP contribution in [0.15, 0.2) is 24.3 Å². The average Bonchev–Trinajstić information content (AvgIpc) is 2.37. The molecule has 2 nitrogen and oxygen atoms in total. The van der Waals surface area contributed by atoms with Crippen molar-refractivity contribution in [3.63, 3.8) is 0 Å². The third-order valence-electron chi connectivity index (χ3n) is 4.12. The van der Waals surface area contributed by atoms with Crippen molar-refractivity contribution in [2.75, 3.05) is 18.1 Å². The predicted molar refractivity (Wildman–Crippen MR) is 87.6 cm³/mol. The maximum absolute atomic E-state index is 12.1. The molecule has 1 aliphatic rings. The van der Waals surface area contributed by atoms with E-state index in [-0.39, 0.29) is 11.6 Å². The zero-order valence-corrected chi connectivity index (χ0v) is 14.2. The van der Waals surface area contributed by atoms with Crippen LogP contribution in [-0.4, -0.2) is 33.0 Å². The van der Waals surface area contributed by atoms with E-state index in [1.807, 2.05) is 0 Å². The van der Waals surface area contributed by atoms with Crippen LogP contribution in [0.2, 0.25) is 0 Å². The van der Waals surface area contributed by atoms with Gasteiger partial charge in [-0.05, 0) is 37.8 Å². The van der Waals surface area contributed by atoms with Crippen molar-refractivity contribution in [2.24, 2.45) is 0 Å². The minimum absolute atomic E-state index is 0.110. The zero-order valence-electron chi connectivity index (χ0n) is 13.3. The van der Waals surface area contributed by atoms with Gasteiger partial charge in [-0.1, -0.05) is 49.3 Å². The van der Waals surface area contributed by atoms with Crippen LogP contribution >= 0.6 is 0 Å². The van der Waals surface area contributed by atoms with Crippen LogP contribution in [0.3, 0.4) is 0 Å². The Hall–Kier alpha value is -0.510. The van der Waals surface area contributed by atoms with E-state index in [9.17, 15) is 4.55 Å². The summed E-state index contributed by atoms with van der Waals surface area (Å²) in [6, 6.07) is 8.95. The first-order valence-electron chi connectivity index (χ1n) is 7.51. The van der Waals surface area contributed by atoms with Crippen LogP contribution in [0.4, 0.5) is 0 Å². The molecule has 1 aromatic carbocycles. The van der Waals surface area contributed by atoms with Crippen molar-refractivity contribution in [2.45, 2.75) is 52.1 Å². The Morgan fingerprint density at radius 2 is 1.90 bits per heavy atom. The molecule has 1 fully saturated rings. The molecular formula is C17H27NOS. The van der Waals surface area contributed by atoms with Gasteiger partial charge in [-0.3, -0.25) is 4.90 Å². The lowest BCUT2D eigenvalue weighted by atomic mass is 9.90. The molecule has 2 rings (SSSR count). The van der Waals surface area contributed by atoms with Crippen molar-refractivity contribution in [1.82, 2.24) is 4.90 Å². The van der Waals surface area contributed by atoms with Crippen LogP contribution in [0.1, 0.15) is 57.7 Å². The molecule has 3 heteroatoms. The van der Waals surface area contributed by atoms with Gasteiger partial charge in [0.1, 0.15) is 11.5 Å². The van der Waals surface area contributed by atoms with E-state index in [1.165, 1.54) is 11.1 Å². The maximum atomic E-state index is 12.1. The first kappa shape index (κ1) is 15.9. The molecule has 0 radical (unpaired) electrons. The summed E-state index contributed by atoms with van der Waals surface area (Å²) in [5.74, 6) is 2.07. The molecule has 112 valence electrons. The first-order valence-corrected chi connectivity index (χ1v) is 9.00. The van der Waals surface area contributed by atoms with E-state index >= 15 is 0 Å². The minimum Gasteiger partial charge on any atom is -0.616 e. The fraction of sp³-hybridized carbons (Fsp3) is 0.647. The van der Waals surface area contributed by atoms with Crippen molar-refractivity contribution in [3.05, 3.63) is 35.4 Å². The van der Waals surface area contributed by atoms with Gasteiger partial charge in [0.05, 0.1) is 6.04 Å². The smallest absolute Gasteiger partial charge is 0.125 e. The molecule has 0 aromatic heterocycles. The van der Waals surface area contributed by atoms with Crippen molar-refractivity contribution >= 4 is 11.2 Å². The fourth-order valence-electron chi connectivity index (χ4n) is 3.11. The summed E-state index contributed by atoms with van der Waals surface area (Å²) in [6.07, 6.45) is 0. The van der Waals surface area contributed by atoms with E-state index in [0.717, 1.165) is 18.1 Å². The Balaban J connectivity index is 2.41. The summed E-state index contributed by atoms with van der Waals surface area (Å²) in [5, 5.41) is 0. The SMILES string of the molecule is CC(C)c1ccccc1C1C[S+]([O-])CCN1C(C)(C)C. The van der Waals surface area contributed by atoms with Gasteiger partial charge < -0.3 is 4.55 Å². The quantitative estimate of drug-likeness (QED) is 0.777. The second-order valence-corrected chi connectivity index (χ2v) is 8.60. The lowest BCUT2D eigenvalue weighted by molar-refractivity contribution is 0.0934. The summed E-state index contributed by atoms with van der Waals surface area (Å²) >= 11 is -0.689. The van der Waals surface area contributed by atoms with Crippen molar-refractivity contribution < 1.29 is 4.55 Å². The normalized spacial score (nSPS) is 25.1. The summed E-state index contributed by atoms with van der Waals surface area (Å²) in [5.41, 5.74) is 2.87. The van der Waals surface area contributed by atoms with E-state index in [2.05, 4.69) is 63.8 Å². The molecular weight excluding hydrogens is 266 g/mol. The van der Waals surface area contributed by atoms with Gasteiger partial charge in [0, 0.05) is 12.1 Å². The van der Waals surface area contributed by atoms with Crippen LogP contribution in [0.5, 0.6) is 0 Å². The molecule has 0 saturated carbocycles. The lowest BCUT2D eigenvalue weighted by Gasteiger charge is -2.45. The van der Waals surface area contributed by atoms with E-state index in [4.69, 9.17) is 0 Å². The highest BCUT2D eigenvalue weighted by Gasteiger charge is 2.38. The summed E-state index contributed by atoms with van der Waals surface area (Å²) in [7, 11) is 0. The maximum Gasteiger partial charge on any atom is 0.125 e. The van der Waals surface area contributed by atoms with Crippen LogP contribution < -0.4 is 0 Å². The molecule has 1 aliphatic heterocycles. The second-order valence-electron chi connectivity index (χ2n) is 6.97. The molecule has 1 heterocycles. The number of nitrogens with zero attached hydrogens (tertiary/aromatic N) is 1. The molecule has 0 aliphatic carbocycles. The van der Waals surface area contributed by atoms with Gasteiger partial charge in [0.15, 0.2) is 0 Å². The van der Waals surface area contributed by atoms with Crippen LogP contribution in [0.25, 0.3) is 0 Å². The predicted octanol–water partition coefficient (Wildman–Crippen LogP) is 3.71. The highest BCUT2D eigenvalue weighted by Crippen LogP contribution is 2.36. The highest BCUT2D eigenvalue weighted by atomic mass is 32.2. The second kappa shape index (κ2) is 6.08. The Bertz CT molecular complexity index is 453. The van der Waals surface area contributed by atoms with Gasteiger partial charge in [-0.15, -0.1) is 0 Å². The Labute approximate surface area is 126 Å². The third-order valence-corrected chi connectivity index (χ3v) is 5.44. The molecule has 2 atom stereocenters. The summed E-state index contributed by atoms with van der Waals surface area (Å²) in [6.45, 7) is 12.2. The number of rotatable bonds is 2. The molecule has 0 amide bonds. The molecule has 0 N–H and O–H groups in total. The molecule has 1 aromatic rings. The van der Waals surface area contributed by atoms with Gasteiger partial charge in [0.25, 0.3) is 0 Å². The van der Waals surface area contributed by atoms with E-state index in [1.54, 1.807) is 0 Å². The number of hydrogen-bond acceptors (Lipinski definition) is 2. The molecule has 2 unspecified atom stereocenters. The molecule has 0 bridgehead atoms. The zero-order chi connectivity index (χ0) is 14.9. The Morgan fingerprint density at radius 3 is 2.50 bits per heavy atom. The number of hydrogen-bond donors (Lipinski definition) is 0. The third kappa shape index (κ3) is 3.38. The van der Waals surface area contributed by atoms with E-state index < -0.39 is 11.2 Å². The highest BCUT2D eigenvalue weighted by molar-refractivity contribution is 7.91. The fourth-order valence-corrected chi connectivity index (χ4v) is 4.38. The summed E-state index contributed by atoms with van der Waals surface area (Å²) < 4.78 is 12.1. The summed E-state index contributed by atoms with van der Waals surface area (Å²) in [4.78, 5) is 2.52. The standard InChI is InChI=1S/C17H27NOS/c1-13(2)14-8-6-7-9-15(14)16-12-20(19)11-10-18(16)17(3,4)5/h6-9,13,16H,10-12H2,1-5H3. The van der Waals surface area contributed by atoms with Crippen molar-refractivity contribution in [1.29, 1.82) is 0 Å². The Morgan fingerprint density at radius 1 is 1.25 bits per heavy atom. The average molecular weight is 293 g/mol. The topological polar surface area (TPSA) is 26.3 Å². The van der Waals surface area contributed by atoms with Crippen LogP contribution in [-0.2, 0) is 11.2 Å². The number of benzene rings is 1. The molecule has 1 saturated heterocycles. The van der Waals surface area contributed by atoms with E-state index in [0.29, 0.717) is 5.92 Å². The van der Waals surface area contributed by atoms with Crippen molar-refractivity contribution in [3.8, 4) is 0 Å². The van der Waals surface area contributed by atoms with Gasteiger partial charge >= 0.3 is 0 Å².